The van der Waals surface area contributed by atoms with Gasteiger partial charge in [0.05, 0.1) is 13.1 Å². The molecular weight excluding hydrogens is 290 g/mol. The molecule has 0 amide bonds. The summed E-state index contributed by atoms with van der Waals surface area (Å²) in [6.45, 7) is 2.21. The van der Waals surface area contributed by atoms with Crippen LogP contribution in [-0.2, 0) is 19.5 Å². The minimum absolute atomic E-state index is 0.235. The predicted molar refractivity (Wildman–Crippen MR) is 83.2 cm³/mol. The highest BCUT2D eigenvalue weighted by molar-refractivity contribution is 7.10. The topological polar surface area (TPSA) is 15.3 Å². The first-order valence-corrected chi connectivity index (χ1v) is 7.99. The van der Waals surface area contributed by atoms with E-state index in [0.29, 0.717) is 6.54 Å². The lowest BCUT2D eigenvalue weighted by molar-refractivity contribution is 0.145. The third-order valence-electron chi connectivity index (χ3n) is 3.77. The van der Waals surface area contributed by atoms with E-state index in [1.54, 1.807) is 11.3 Å². The number of thiophene rings is 1. The quantitative estimate of drug-likeness (QED) is 0.907. The molecule has 0 atom stereocenters. The van der Waals surface area contributed by atoms with Gasteiger partial charge in [-0.15, -0.1) is 11.3 Å². The van der Waals surface area contributed by atoms with Gasteiger partial charge in [0.1, 0.15) is 0 Å². The van der Waals surface area contributed by atoms with Crippen LogP contribution in [-0.4, -0.2) is 19.5 Å². The number of alkyl halides is 2. The van der Waals surface area contributed by atoms with E-state index in [4.69, 9.17) is 0 Å². The number of hydrogen-bond acceptors (Lipinski definition) is 3. The second kappa shape index (κ2) is 6.54. The van der Waals surface area contributed by atoms with Gasteiger partial charge in [-0.25, -0.2) is 8.78 Å². The van der Waals surface area contributed by atoms with Gasteiger partial charge in [0.25, 0.3) is 6.43 Å². The summed E-state index contributed by atoms with van der Waals surface area (Å²) in [5.74, 6) is 0. The molecule has 3 rings (SSSR count). The molecule has 5 heteroatoms. The van der Waals surface area contributed by atoms with Crippen molar-refractivity contribution < 1.29 is 8.78 Å². The number of fused-ring (bicyclic) bond motifs is 1. The van der Waals surface area contributed by atoms with Crippen LogP contribution in [0.1, 0.15) is 16.0 Å². The molecule has 1 aliphatic rings. The minimum Gasteiger partial charge on any atom is -0.366 e. The van der Waals surface area contributed by atoms with Crippen molar-refractivity contribution >= 4 is 17.0 Å². The van der Waals surface area contributed by atoms with Gasteiger partial charge in [-0.3, -0.25) is 0 Å². The first-order valence-electron chi connectivity index (χ1n) is 7.11. The molecule has 0 saturated carbocycles. The van der Waals surface area contributed by atoms with Gasteiger partial charge in [0.15, 0.2) is 0 Å². The van der Waals surface area contributed by atoms with Crippen LogP contribution in [0.3, 0.4) is 0 Å². The standard InChI is InChI=1S/C16H18F2N2S/c17-16(18)9-19-8-12-11-21-15-10-20(7-6-14(12)15)13-4-2-1-3-5-13/h1-5,11,16,19H,6-10H2. The monoisotopic (exact) mass is 308 g/mol. The molecule has 2 nitrogen and oxygen atoms in total. The Morgan fingerprint density at radius 2 is 2.05 bits per heavy atom. The SMILES string of the molecule is FC(F)CNCc1csc2c1CCN(c1ccccc1)C2. The van der Waals surface area contributed by atoms with E-state index in [0.717, 1.165) is 19.5 Å². The lowest BCUT2D eigenvalue weighted by Crippen LogP contribution is -2.30. The molecule has 112 valence electrons. The predicted octanol–water partition coefficient (Wildman–Crippen LogP) is 3.67. The number of benzene rings is 1. The van der Waals surface area contributed by atoms with E-state index in [1.807, 2.05) is 6.07 Å². The van der Waals surface area contributed by atoms with Gasteiger partial charge in [0.2, 0.25) is 0 Å². The number of nitrogens with one attached hydrogen (secondary N) is 1. The number of halogens is 2. The molecule has 0 unspecified atom stereocenters. The molecule has 1 aliphatic heterocycles. The third-order valence-corrected chi connectivity index (χ3v) is 4.83. The Balaban J connectivity index is 1.66. The van der Waals surface area contributed by atoms with E-state index in [2.05, 4.69) is 39.9 Å². The Labute approximate surface area is 127 Å². The molecule has 2 aromatic rings. The lowest BCUT2D eigenvalue weighted by Gasteiger charge is -2.29. The smallest absolute Gasteiger partial charge is 0.250 e. The van der Waals surface area contributed by atoms with Crippen molar-refractivity contribution in [2.75, 3.05) is 18.0 Å². The molecule has 21 heavy (non-hydrogen) atoms. The van der Waals surface area contributed by atoms with Crippen LogP contribution < -0.4 is 10.2 Å². The largest absolute Gasteiger partial charge is 0.366 e. The van der Waals surface area contributed by atoms with E-state index in [9.17, 15) is 8.78 Å². The zero-order valence-electron chi connectivity index (χ0n) is 11.7. The molecule has 0 aliphatic carbocycles. The summed E-state index contributed by atoms with van der Waals surface area (Å²) in [6.07, 6.45) is -1.30. The number of hydrogen-bond donors (Lipinski definition) is 1. The molecule has 1 aromatic carbocycles. The molecule has 0 radical (unpaired) electrons. The summed E-state index contributed by atoms with van der Waals surface area (Å²) in [5.41, 5.74) is 3.78. The Hall–Kier alpha value is -1.46. The number of para-hydroxylation sites is 1. The van der Waals surface area contributed by atoms with Crippen molar-refractivity contribution in [3.8, 4) is 0 Å². The number of rotatable bonds is 5. The van der Waals surface area contributed by atoms with Crippen LogP contribution >= 0.6 is 11.3 Å². The zero-order valence-corrected chi connectivity index (χ0v) is 12.5. The van der Waals surface area contributed by atoms with E-state index < -0.39 is 6.43 Å². The average molecular weight is 308 g/mol. The molecule has 0 saturated heterocycles. The van der Waals surface area contributed by atoms with E-state index >= 15 is 0 Å². The fraction of sp³-hybridized carbons (Fsp3) is 0.375. The van der Waals surface area contributed by atoms with Gasteiger partial charge in [-0.2, -0.15) is 0 Å². The highest BCUT2D eigenvalue weighted by Crippen LogP contribution is 2.31. The van der Waals surface area contributed by atoms with Gasteiger partial charge >= 0.3 is 0 Å². The van der Waals surface area contributed by atoms with Crippen molar-refractivity contribution in [2.45, 2.75) is 25.9 Å². The maximum Gasteiger partial charge on any atom is 0.250 e. The summed E-state index contributed by atoms with van der Waals surface area (Å²) in [5, 5.41) is 4.93. The molecule has 2 heterocycles. The van der Waals surface area contributed by atoms with Gasteiger partial charge < -0.3 is 10.2 Å². The maximum atomic E-state index is 12.2. The molecule has 0 fully saturated rings. The summed E-state index contributed by atoms with van der Waals surface area (Å²) in [6, 6.07) is 10.4. The summed E-state index contributed by atoms with van der Waals surface area (Å²) < 4.78 is 24.3. The molecule has 0 spiro atoms. The first-order chi connectivity index (χ1) is 10.2. The molecule has 1 N–H and O–H groups in total. The first kappa shape index (κ1) is 14.5. The van der Waals surface area contributed by atoms with Crippen molar-refractivity contribution in [2.24, 2.45) is 0 Å². The Kier molecular flexibility index (Phi) is 4.51. The van der Waals surface area contributed by atoms with Crippen LogP contribution in [0.25, 0.3) is 0 Å². The summed E-state index contributed by atoms with van der Waals surface area (Å²) in [7, 11) is 0. The summed E-state index contributed by atoms with van der Waals surface area (Å²) in [4.78, 5) is 3.73. The normalized spacial score (nSPS) is 14.5. The highest BCUT2D eigenvalue weighted by Gasteiger charge is 2.20. The zero-order chi connectivity index (χ0) is 14.7. The molecular formula is C16H18F2N2S. The fourth-order valence-electron chi connectivity index (χ4n) is 2.72. The number of nitrogens with zero attached hydrogens (tertiary/aromatic N) is 1. The van der Waals surface area contributed by atoms with Gasteiger partial charge in [-0.1, -0.05) is 18.2 Å². The average Bonchev–Trinajstić information content (AvgIpc) is 2.90. The van der Waals surface area contributed by atoms with Crippen molar-refractivity contribution in [1.29, 1.82) is 0 Å². The van der Waals surface area contributed by atoms with Crippen LogP contribution in [0.5, 0.6) is 0 Å². The third kappa shape index (κ3) is 3.41. The Bertz CT molecular complexity index is 583. The minimum atomic E-state index is -2.28. The second-order valence-corrected chi connectivity index (χ2v) is 6.16. The van der Waals surface area contributed by atoms with Crippen molar-refractivity contribution in [3.63, 3.8) is 0 Å². The molecule has 1 aromatic heterocycles. The van der Waals surface area contributed by atoms with E-state index in [1.165, 1.54) is 21.7 Å². The van der Waals surface area contributed by atoms with Gasteiger partial charge in [0, 0.05) is 23.7 Å². The van der Waals surface area contributed by atoms with Crippen LogP contribution in [0.4, 0.5) is 14.5 Å². The Morgan fingerprint density at radius 3 is 2.81 bits per heavy atom. The van der Waals surface area contributed by atoms with Crippen LogP contribution in [0.15, 0.2) is 35.7 Å². The number of anilines is 1. The van der Waals surface area contributed by atoms with Crippen molar-refractivity contribution in [1.82, 2.24) is 5.32 Å². The van der Waals surface area contributed by atoms with Gasteiger partial charge in [-0.05, 0) is 35.1 Å². The van der Waals surface area contributed by atoms with Crippen molar-refractivity contribution in [3.05, 3.63) is 51.7 Å². The summed E-state index contributed by atoms with van der Waals surface area (Å²) >= 11 is 1.74. The lowest BCUT2D eigenvalue weighted by atomic mass is 10.0. The highest BCUT2D eigenvalue weighted by atomic mass is 32.1. The second-order valence-electron chi connectivity index (χ2n) is 5.19. The maximum absolute atomic E-state index is 12.2. The molecule has 0 bridgehead atoms. The Morgan fingerprint density at radius 1 is 1.24 bits per heavy atom. The van der Waals surface area contributed by atoms with Crippen LogP contribution in [0, 0.1) is 0 Å². The van der Waals surface area contributed by atoms with Crippen LogP contribution in [0.2, 0.25) is 0 Å². The van der Waals surface area contributed by atoms with E-state index in [-0.39, 0.29) is 6.54 Å². The fourth-order valence-corrected chi connectivity index (χ4v) is 3.83.